The maximum atomic E-state index is 11.0. The van der Waals surface area contributed by atoms with E-state index < -0.39 is 0 Å². The molecule has 1 atom stereocenters. The fraction of sp³-hybridized carbons (Fsp3) is 0.667. The number of hydrogen-bond acceptors (Lipinski definition) is 2. The number of aliphatic hydroxyl groups is 1. The first kappa shape index (κ1) is 14.1. The van der Waals surface area contributed by atoms with Crippen LogP contribution in [0.3, 0.4) is 0 Å². The van der Waals surface area contributed by atoms with Crippen molar-refractivity contribution in [3.8, 4) is 0 Å². The van der Waals surface area contributed by atoms with Gasteiger partial charge in [-0.1, -0.05) is 44.0 Å². The Hall–Kier alpha value is -0.860. The summed E-state index contributed by atoms with van der Waals surface area (Å²) in [6.45, 7) is 2.92. The molecule has 0 aliphatic heterocycles. The molecule has 1 aromatic rings. The van der Waals surface area contributed by atoms with Gasteiger partial charge in [0.25, 0.3) is 0 Å². The van der Waals surface area contributed by atoms with Crippen molar-refractivity contribution in [3.63, 3.8) is 0 Å². The van der Waals surface area contributed by atoms with E-state index in [2.05, 4.69) is 31.2 Å². The molecule has 0 bridgehead atoms. The molecule has 0 radical (unpaired) electrons. The zero-order valence-corrected chi connectivity index (χ0v) is 12.5. The molecule has 2 heteroatoms. The first-order chi connectivity index (χ1) is 9.64. The molecule has 1 unspecified atom stereocenters. The highest BCUT2D eigenvalue weighted by atomic mass is 16.3. The zero-order chi connectivity index (χ0) is 14.2. The fourth-order valence-electron chi connectivity index (χ4n) is 4.30. The van der Waals surface area contributed by atoms with Crippen molar-refractivity contribution in [1.82, 2.24) is 0 Å². The first-order valence-electron chi connectivity index (χ1n) is 8.09. The summed E-state index contributed by atoms with van der Waals surface area (Å²) < 4.78 is 0. The van der Waals surface area contributed by atoms with Crippen molar-refractivity contribution < 1.29 is 5.11 Å². The van der Waals surface area contributed by atoms with Crippen LogP contribution in [-0.2, 0) is 12.8 Å². The van der Waals surface area contributed by atoms with Crippen LogP contribution in [0.25, 0.3) is 0 Å². The van der Waals surface area contributed by atoms with Crippen LogP contribution in [0.4, 0.5) is 0 Å². The first-order valence-corrected chi connectivity index (χ1v) is 8.09. The Balaban J connectivity index is 1.77. The van der Waals surface area contributed by atoms with E-state index in [1.165, 1.54) is 36.8 Å². The summed E-state index contributed by atoms with van der Waals surface area (Å²) in [5.41, 5.74) is 8.79. The molecule has 110 valence electrons. The van der Waals surface area contributed by atoms with Gasteiger partial charge in [-0.3, -0.25) is 0 Å². The molecule has 1 saturated carbocycles. The average Bonchev–Trinajstić information content (AvgIpc) is 2.87. The minimum absolute atomic E-state index is 0.116. The number of nitrogens with two attached hydrogens (primary N) is 1. The molecule has 0 aromatic heterocycles. The van der Waals surface area contributed by atoms with E-state index in [-0.39, 0.29) is 11.5 Å². The molecule has 0 saturated heterocycles. The van der Waals surface area contributed by atoms with Crippen molar-refractivity contribution in [2.45, 2.75) is 51.6 Å². The fourth-order valence-corrected chi connectivity index (χ4v) is 4.30. The Labute approximate surface area is 122 Å². The summed E-state index contributed by atoms with van der Waals surface area (Å²) in [5.74, 6) is 1.28. The van der Waals surface area contributed by atoms with Crippen LogP contribution in [-0.4, -0.2) is 17.8 Å². The third kappa shape index (κ3) is 2.40. The van der Waals surface area contributed by atoms with E-state index in [4.69, 9.17) is 5.73 Å². The van der Waals surface area contributed by atoms with Crippen LogP contribution in [0.1, 0.15) is 43.7 Å². The van der Waals surface area contributed by atoms with Crippen LogP contribution in [0.15, 0.2) is 24.3 Å². The lowest BCUT2D eigenvalue weighted by molar-refractivity contribution is -0.0254. The van der Waals surface area contributed by atoms with Crippen molar-refractivity contribution >= 4 is 0 Å². The van der Waals surface area contributed by atoms with Gasteiger partial charge in [0.15, 0.2) is 0 Å². The highest BCUT2D eigenvalue weighted by Gasteiger charge is 2.45. The summed E-state index contributed by atoms with van der Waals surface area (Å²) in [6.07, 6.45) is 6.51. The molecule has 0 heterocycles. The Morgan fingerprint density at radius 3 is 2.20 bits per heavy atom. The Kier molecular flexibility index (Phi) is 3.87. The highest BCUT2D eigenvalue weighted by molar-refractivity contribution is 5.35. The van der Waals surface area contributed by atoms with Gasteiger partial charge in [-0.25, -0.2) is 0 Å². The highest BCUT2D eigenvalue weighted by Crippen LogP contribution is 2.44. The van der Waals surface area contributed by atoms with E-state index in [1.807, 2.05) is 0 Å². The lowest BCUT2D eigenvalue weighted by Crippen LogP contribution is -2.47. The number of aliphatic hydroxyl groups excluding tert-OH is 1. The number of rotatable bonds is 3. The van der Waals surface area contributed by atoms with Crippen LogP contribution in [0.5, 0.6) is 0 Å². The van der Waals surface area contributed by atoms with Crippen LogP contribution in [0, 0.1) is 17.3 Å². The van der Waals surface area contributed by atoms with E-state index in [0.717, 1.165) is 18.8 Å². The Bertz CT molecular complexity index is 437. The number of hydrogen-bond donors (Lipinski definition) is 2. The second-order valence-electron chi connectivity index (χ2n) is 7.15. The van der Waals surface area contributed by atoms with Gasteiger partial charge in [-0.15, -0.1) is 0 Å². The molecule has 1 aromatic carbocycles. The monoisotopic (exact) mass is 273 g/mol. The van der Waals surface area contributed by atoms with E-state index in [0.29, 0.717) is 12.5 Å². The van der Waals surface area contributed by atoms with Crippen molar-refractivity contribution in [2.75, 3.05) is 6.54 Å². The summed E-state index contributed by atoms with van der Waals surface area (Å²) in [7, 11) is 0. The molecule has 20 heavy (non-hydrogen) atoms. The standard InChI is InChI=1S/C18H27NO/c1-13-6-8-14(9-7-13)17(20)18(12-19)10-15-4-2-3-5-16(15)11-18/h2-5,13-14,17,20H,6-12,19H2,1H3. The molecule has 0 amide bonds. The van der Waals surface area contributed by atoms with Crippen molar-refractivity contribution in [2.24, 2.45) is 23.0 Å². The average molecular weight is 273 g/mol. The topological polar surface area (TPSA) is 46.2 Å². The van der Waals surface area contributed by atoms with Gasteiger partial charge in [0.2, 0.25) is 0 Å². The van der Waals surface area contributed by atoms with Gasteiger partial charge >= 0.3 is 0 Å². The second-order valence-corrected chi connectivity index (χ2v) is 7.15. The van der Waals surface area contributed by atoms with E-state index >= 15 is 0 Å². The predicted molar refractivity (Wildman–Crippen MR) is 82.5 cm³/mol. The van der Waals surface area contributed by atoms with Crippen LogP contribution < -0.4 is 5.73 Å². The second kappa shape index (κ2) is 5.50. The minimum Gasteiger partial charge on any atom is -0.392 e. The molecule has 2 aliphatic carbocycles. The SMILES string of the molecule is CC1CCC(C(O)C2(CN)Cc3ccccc3C2)CC1. The van der Waals surface area contributed by atoms with Crippen LogP contribution >= 0.6 is 0 Å². The molecule has 2 aliphatic rings. The number of benzene rings is 1. The Morgan fingerprint density at radius 1 is 1.15 bits per heavy atom. The van der Waals surface area contributed by atoms with E-state index in [9.17, 15) is 5.11 Å². The molecule has 3 rings (SSSR count). The van der Waals surface area contributed by atoms with Gasteiger partial charge in [-0.05, 0) is 48.6 Å². The van der Waals surface area contributed by atoms with Gasteiger partial charge in [0, 0.05) is 12.0 Å². The summed E-state index contributed by atoms with van der Waals surface area (Å²) in [5, 5.41) is 11.0. The van der Waals surface area contributed by atoms with Gasteiger partial charge in [-0.2, -0.15) is 0 Å². The van der Waals surface area contributed by atoms with Crippen LogP contribution in [0.2, 0.25) is 0 Å². The smallest absolute Gasteiger partial charge is 0.0643 e. The lowest BCUT2D eigenvalue weighted by Gasteiger charge is -2.40. The summed E-state index contributed by atoms with van der Waals surface area (Å²) in [6, 6.07) is 8.59. The van der Waals surface area contributed by atoms with E-state index in [1.54, 1.807) is 0 Å². The van der Waals surface area contributed by atoms with Crippen molar-refractivity contribution in [3.05, 3.63) is 35.4 Å². The summed E-state index contributed by atoms with van der Waals surface area (Å²) in [4.78, 5) is 0. The molecular weight excluding hydrogens is 246 g/mol. The molecule has 1 fully saturated rings. The summed E-state index contributed by atoms with van der Waals surface area (Å²) >= 11 is 0. The van der Waals surface area contributed by atoms with Gasteiger partial charge < -0.3 is 10.8 Å². The normalized spacial score (nSPS) is 29.9. The number of fused-ring (bicyclic) bond motifs is 1. The maximum Gasteiger partial charge on any atom is 0.0643 e. The molecule has 2 nitrogen and oxygen atoms in total. The zero-order valence-electron chi connectivity index (χ0n) is 12.5. The molecule has 3 N–H and O–H groups in total. The van der Waals surface area contributed by atoms with Crippen molar-refractivity contribution in [1.29, 1.82) is 0 Å². The quantitative estimate of drug-likeness (QED) is 0.889. The maximum absolute atomic E-state index is 11.0. The molecular formula is C18H27NO. The third-order valence-electron chi connectivity index (χ3n) is 5.74. The lowest BCUT2D eigenvalue weighted by atomic mass is 9.69. The Morgan fingerprint density at radius 2 is 1.70 bits per heavy atom. The minimum atomic E-state index is -0.243. The van der Waals surface area contributed by atoms with Gasteiger partial charge in [0.1, 0.15) is 0 Å². The van der Waals surface area contributed by atoms with Gasteiger partial charge in [0.05, 0.1) is 6.10 Å². The largest absolute Gasteiger partial charge is 0.392 e. The third-order valence-corrected chi connectivity index (χ3v) is 5.74. The molecule has 0 spiro atoms. The predicted octanol–water partition coefficient (Wildman–Crippen LogP) is 2.92.